The molecule has 1 spiro atoms. The molecule has 0 bridgehead atoms. The minimum Gasteiger partial charge on any atom is -0.311 e. The maximum absolute atomic E-state index is 2.68. The lowest BCUT2D eigenvalue weighted by Gasteiger charge is -2.46. The van der Waals surface area contributed by atoms with Crippen molar-refractivity contribution in [2.45, 2.75) is 110 Å². The molecule has 4 heterocycles. The van der Waals surface area contributed by atoms with Crippen molar-refractivity contribution < 1.29 is 0 Å². The number of nitrogens with zero attached hydrogens (tertiary/aromatic N) is 4. The van der Waals surface area contributed by atoms with Crippen LogP contribution >= 0.6 is 0 Å². The first kappa shape index (κ1) is 56.6. The summed E-state index contributed by atoms with van der Waals surface area (Å²) in [5.41, 5.74) is 33.0. The molecule has 0 fully saturated rings. The van der Waals surface area contributed by atoms with Crippen molar-refractivity contribution in [3.63, 3.8) is 0 Å². The SMILES string of the molecule is CC(C)(C)c1ccc2c(c1)c1cc(C(C)(C)C)ccc1n2-c1ccc2c(c1)N(c1ccccc1)c1cc3c(c4c1B2c1ccc(-n2c5ccc(C(C)(C)C)cc5c5cc(C(C)(C)C)ccc52)cc1N4c1ccccc1)-c1ccccc1C31c2ccccc2-c2ccccc21. The van der Waals surface area contributed by atoms with E-state index in [9.17, 15) is 0 Å². The van der Waals surface area contributed by atoms with E-state index in [-0.39, 0.29) is 28.4 Å². The van der Waals surface area contributed by atoms with Crippen molar-refractivity contribution in [3.8, 4) is 33.6 Å². The van der Waals surface area contributed by atoms with Gasteiger partial charge in [0.2, 0.25) is 0 Å². The van der Waals surface area contributed by atoms with E-state index in [2.05, 4.69) is 351 Å². The summed E-state index contributed by atoms with van der Waals surface area (Å²) in [5, 5.41) is 5.13. The molecule has 0 saturated carbocycles. The number of hydrogen-bond acceptors (Lipinski definition) is 2. The van der Waals surface area contributed by atoms with E-state index < -0.39 is 5.41 Å². The molecule has 5 heteroatoms. The van der Waals surface area contributed by atoms with Crippen LogP contribution in [0.1, 0.15) is 128 Å². The van der Waals surface area contributed by atoms with Crippen molar-refractivity contribution in [2.75, 3.05) is 9.80 Å². The second-order valence-electron chi connectivity index (χ2n) is 31.3. The van der Waals surface area contributed by atoms with Gasteiger partial charge in [0, 0.05) is 66.9 Å². The fourth-order valence-electron chi connectivity index (χ4n) is 17.0. The number of rotatable bonds is 4. The molecule has 0 N–H and O–H groups in total. The molecule has 456 valence electrons. The van der Waals surface area contributed by atoms with Crippen LogP contribution in [-0.4, -0.2) is 15.8 Å². The predicted octanol–water partition coefficient (Wildman–Crippen LogP) is 21.5. The van der Waals surface area contributed by atoms with Crippen molar-refractivity contribution in [1.29, 1.82) is 0 Å². The molecule has 0 radical (unpaired) electrons. The van der Waals surface area contributed by atoms with E-state index >= 15 is 0 Å². The Hall–Kier alpha value is -10.1. The normalized spacial score (nSPS) is 14.4. The van der Waals surface area contributed by atoms with Crippen molar-refractivity contribution in [1.82, 2.24) is 9.13 Å². The molecular weight excluding hydrogens is 1140 g/mol. The Morgan fingerprint density at radius 3 is 1.04 bits per heavy atom. The topological polar surface area (TPSA) is 16.3 Å². The number of anilines is 6. The minimum absolute atomic E-state index is 0.0236. The highest BCUT2D eigenvalue weighted by Gasteiger charge is 2.56. The van der Waals surface area contributed by atoms with E-state index in [1.54, 1.807) is 0 Å². The smallest absolute Gasteiger partial charge is 0.252 e. The molecule has 2 aliphatic heterocycles. The van der Waals surface area contributed by atoms with Crippen LogP contribution in [0, 0.1) is 0 Å². The number of fused-ring (bicyclic) bond motifs is 21. The molecule has 0 amide bonds. The lowest BCUT2D eigenvalue weighted by molar-refractivity contribution is 0.590. The van der Waals surface area contributed by atoms with Crippen LogP contribution in [-0.2, 0) is 27.1 Å². The Morgan fingerprint density at radius 2 is 0.638 bits per heavy atom. The van der Waals surface area contributed by atoms with Gasteiger partial charge < -0.3 is 18.9 Å². The van der Waals surface area contributed by atoms with Gasteiger partial charge >= 0.3 is 0 Å². The van der Waals surface area contributed by atoms with Gasteiger partial charge in [0.15, 0.2) is 0 Å². The van der Waals surface area contributed by atoms with Crippen LogP contribution in [0.5, 0.6) is 0 Å². The summed E-state index contributed by atoms with van der Waals surface area (Å²) in [6, 6.07) is 96.9. The van der Waals surface area contributed by atoms with E-state index in [4.69, 9.17) is 0 Å². The van der Waals surface area contributed by atoms with Gasteiger partial charge in [0.25, 0.3) is 6.71 Å². The molecule has 0 atom stereocenters. The Morgan fingerprint density at radius 1 is 0.287 bits per heavy atom. The van der Waals surface area contributed by atoms with Crippen LogP contribution in [0.25, 0.3) is 77.2 Å². The maximum Gasteiger partial charge on any atom is 0.252 e. The summed E-state index contributed by atoms with van der Waals surface area (Å²) < 4.78 is 5.10. The second-order valence-corrected chi connectivity index (χ2v) is 31.3. The van der Waals surface area contributed by atoms with Crippen LogP contribution in [0.4, 0.5) is 34.1 Å². The first-order chi connectivity index (χ1) is 45.2. The van der Waals surface area contributed by atoms with Crippen LogP contribution in [0.15, 0.2) is 249 Å². The average Bonchev–Trinajstić information content (AvgIpc) is 1.44. The molecule has 4 nitrogen and oxygen atoms in total. The van der Waals surface area contributed by atoms with Crippen LogP contribution in [0.3, 0.4) is 0 Å². The fraction of sp³-hybridized carbons (Fsp3) is 0.191. The van der Waals surface area contributed by atoms with E-state index in [0.717, 1.165) is 22.7 Å². The molecule has 18 rings (SSSR count). The first-order valence-electron chi connectivity index (χ1n) is 33.9. The zero-order chi connectivity index (χ0) is 64.3. The van der Waals surface area contributed by atoms with E-state index in [0.29, 0.717) is 0 Å². The van der Waals surface area contributed by atoms with Gasteiger partial charge in [-0.15, -0.1) is 0 Å². The van der Waals surface area contributed by atoms with Gasteiger partial charge in [0.1, 0.15) is 0 Å². The summed E-state index contributed by atoms with van der Waals surface area (Å²) in [5.74, 6) is 0. The molecular formula is C89H77BN4. The van der Waals surface area contributed by atoms with Gasteiger partial charge in [-0.1, -0.05) is 229 Å². The molecule has 94 heavy (non-hydrogen) atoms. The van der Waals surface area contributed by atoms with E-state index in [1.807, 2.05) is 0 Å². The zero-order valence-electron chi connectivity index (χ0n) is 56.0. The quantitative estimate of drug-likeness (QED) is 0.163. The Balaban J connectivity index is 0.982. The highest BCUT2D eigenvalue weighted by molar-refractivity contribution is 7.00. The highest BCUT2D eigenvalue weighted by Crippen LogP contribution is 2.66. The molecule has 12 aromatic carbocycles. The largest absolute Gasteiger partial charge is 0.311 e. The zero-order valence-corrected chi connectivity index (χ0v) is 56.0. The Labute approximate surface area is 553 Å². The van der Waals surface area contributed by atoms with Gasteiger partial charge in [-0.05, 0) is 202 Å². The standard InChI is InChI=1S/C89H77BN4/c1-85(2,3)54-35-43-75-65(47-54)66-48-55(86(4,5)6)36-44-76(66)92(75)60-39-41-73-79(51-60)91(58-25-15-13-16-26-58)81-53-72-82(64-31-21-24-34-71(64)89(72)69-32-22-19-29-62(69)63-30-20-23-33-70(63)89)84-83(81)90(73)74-42-40-61(52-80(74)94(84)59-27-17-14-18-28-59)93-77-45-37-56(87(7,8)9)49-67(77)68-50-57(88(10,11)12)38-46-78(68)93/h13-53H,1-12H3. The molecule has 0 unspecified atom stereocenters. The second kappa shape index (κ2) is 19.5. The number of aromatic nitrogens is 2. The molecule has 0 saturated heterocycles. The van der Waals surface area contributed by atoms with Crippen molar-refractivity contribution in [2.24, 2.45) is 0 Å². The Bertz CT molecular complexity index is 5360. The minimum atomic E-state index is -0.628. The lowest BCUT2D eigenvalue weighted by atomic mass is 9.33. The number of para-hydroxylation sites is 2. The molecule has 14 aromatic rings. The lowest BCUT2D eigenvalue weighted by Crippen LogP contribution is -2.61. The summed E-state index contributed by atoms with van der Waals surface area (Å²) in [4.78, 5) is 5.32. The third kappa shape index (κ3) is 7.88. The number of hydrogen-bond donors (Lipinski definition) is 0. The summed E-state index contributed by atoms with van der Waals surface area (Å²) in [6.45, 7) is 27.8. The average molecular weight is 1210 g/mol. The maximum atomic E-state index is 2.68. The van der Waals surface area contributed by atoms with E-state index in [1.165, 1.54) is 150 Å². The molecule has 4 aliphatic rings. The number of benzene rings is 12. The van der Waals surface area contributed by atoms with Gasteiger partial charge in [0.05, 0.1) is 33.2 Å². The summed E-state index contributed by atoms with van der Waals surface area (Å²) in [7, 11) is 0. The third-order valence-corrected chi connectivity index (χ3v) is 21.7. The highest BCUT2D eigenvalue weighted by atomic mass is 15.2. The van der Waals surface area contributed by atoms with Gasteiger partial charge in [-0.25, -0.2) is 0 Å². The molecule has 2 aliphatic carbocycles. The van der Waals surface area contributed by atoms with Crippen molar-refractivity contribution >= 4 is 101 Å². The monoisotopic (exact) mass is 1210 g/mol. The first-order valence-corrected chi connectivity index (χ1v) is 33.9. The van der Waals surface area contributed by atoms with Crippen LogP contribution < -0.4 is 26.2 Å². The summed E-state index contributed by atoms with van der Waals surface area (Å²) >= 11 is 0. The fourth-order valence-corrected chi connectivity index (χ4v) is 17.0. The predicted molar refractivity (Wildman–Crippen MR) is 400 cm³/mol. The van der Waals surface area contributed by atoms with Crippen molar-refractivity contribution in [3.05, 3.63) is 293 Å². The molecule has 2 aromatic heterocycles. The third-order valence-electron chi connectivity index (χ3n) is 21.7. The van der Waals surface area contributed by atoms with Crippen LogP contribution in [0.2, 0.25) is 0 Å². The Kier molecular flexibility index (Phi) is 11.7. The van der Waals surface area contributed by atoms with Gasteiger partial charge in [-0.2, -0.15) is 0 Å². The summed E-state index contributed by atoms with van der Waals surface area (Å²) in [6.07, 6.45) is 0. The van der Waals surface area contributed by atoms with Gasteiger partial charge in [-0.3, -0.25) is 0 Å².